The lowest BCUT2D eigenvalue weighted by Gasteiger charge is -2.37. The first kappa shape index (κ1) is 27.2. The van der Waals surface area contributed by atoms with Gasteiger partial charge in [0.05, 0.1) is 5.75 Å². The molecule has 1 aliphatic rings. The average Bonchev–Trinajstić information content (AvgIpc) is 2.71. The van der Waals surface area contributed by atoms with Gasteiger partial charge in [0, 0.05) is 25.7 Å². The van der Waals surface area contributed by atoms with Crippen molar-refractivity contribution in [3.8, 4) is 0 Å². The summed E-state index contributed by atoms with van der Waals surface area (Å²) < 4.78 is 30.6. The normalized spacial score (nSPS) is 17.2. The van der Waals surface area contributed by atoms with Crippen LogP contribution in [0.1, 0.15) is 59.4 Å². The summed E-state index contributed by atoms with van der Waals surface area (Å²) in [5.41, 5.74) is 0.519. The maximum atomic E-state index is 12.8. The topological polar surface area (TPSA) is 84.0 Å². The second-order valence-electron chi connectivity index (χ2n) is 10.3. The maximum absolute atomic E-state index is 12.8. The smallest absolute Gasteiger partial charge is 0.410 e. The number of amides is 2. The van der Waals surface area contributed by atoms with Crippen molar-refractivity contribution in [3.05, 3.63) is 35.9 Å². The van der Waals surface area contributed by atoms with Crippen LogP contribution in [0.25, 0.3) is 0 Å². The number of carbonyl (C=O) groups is 2. The molecule has 1 aromatic carbocycles. The van der Waals surface area contributed by atoms with E-state index in [1.165, 1.54) is 0 Å². The molecule has 2 rings (SSSR count). The first-order valence-corrected chi connectivity index (χ1v) is 13.7. The highest BCUT2D eigenvalue weighted by atomic mass is 32.2. The molecule has 0 spiro atoms. The Morgan fingerprint density at radius 2 is 1.85 bits per heavy atom. The molecule has 1 unspecified atom stereocenters. The van der Waals surface area contributed by atoms with Crippen LogP contribution in [0.2, 0.25) is 0 Å². The molecule has 0 bridgehead atoms. The fraction of sp³-hybridized carbons (Fsp3) is 0.680. The van der Waals surface area contributed by atoms with Crippen molar-refractivity contribution >= 4 is 21.8 Å². The predicted molar refractivity (Wildman–Crippen MR) is 131 cm³/mol. The molecule has 0 radical (unpaired) electrons. The number of benzene rings is 1. The predicted octanol–water partition coefficient (Wildman–Crippen LogP) is 3.92. The highest BCUT2D eigenvalue weighted by Gasteiger charge is 2.31. The second kappa shape index (κ2) is 11.9. The van der Waals surface area contributed by atoms with E-state index in [2.05, 4.69) is 0 Å². The van der Waals surface area contributed by atoms with E-state index >= 15 is 0 Å². The summed E-state index contributed by atoms with van der Waals surface area (Å²) in [6, 6.07) is 9.72. The standard InChI is InChI=1S/C25H40N2O5S/c1-20(2)27(24(29)32-25(3,4)5)18-22-13-9-15-26(17-22)23(28)19-33(30,31)16-10-14-21-11-7-6-8-12-21/h6-8,11-12,20,22H,9-10,13-19H2,1-5H3. The van der Waals surface area contributed by atoms with Gasteiger partial charge in [-0.3, -0.25) is 4.79 Å². The zero-order chi connectivity index (χ0) is 24.6. The lowest BCUT2D eigenvalue weighted by atomic mass is 9.97. The molecule has 1 heterocycles. The van der Waals surface area contributed by atoms with Gasteiger partial charge in [-0.2, -0.15) is 0 Å². The Kier molecular flexibility index (Phi) is 9.76. The summed E-state index contributed by atoms with van der Waals surface area (Å²) in [6.07, 6.45) is 2.50. The summed E-state index contributed by atoms with van der Waals surface area (Å²) in [7, 11) is -3.46. The summed E-state index contributed by atoms with van der Waals surface area (Å²) in [6.45, 7) is 10.9. The number of likely N-dealkylation sites (tertiary alicyclic amines) is 1. The van der Waals surface area contributed by atoms with Gasteiger partial charge in [0.25, 0.3) is 0 Å². The molecule has 2 amide bonds. The SMILES string of the molecule is CC(C)N(CC1CCCN(C(=O)CS(=O)(=O)CCCc2ccccc2)C1)C(=O)OC(C)(C)C. The lowest BCUT2D eigenvalue weighted by molar-refractivity contribution is -0.130. The van der Waals surface area contributed by atoms with Crippen molar-refractivity contribution < 1.29 is 22.7 Å². The molecule has 186 valence electrons. The molecule has 1 fully saturated rings. The highest BCUT2D eigenvalue weighted by Crippen LogP contribution is 2.21. The van der Waals surface area contributed by atoms with Gasteiger partial charge in [0.1, 0.15) is 11.4 Å². The molecule has 33 heavy (non-hydrogen) atoms. The third-order valence-electron chi connectivity index (χ3n) is 5.68. The van der Waals surface area contributed by atoms with Gasteiger partial charge in [-0.15, -0.1) is 0 Å². The minimum absolute atomic E-state index is 0.00464. The van der Waals surface area contributed by atoms with Crippen LogP contribution in [0.3, 0.4) is 0 Å². The molecule has 1 aromatic rings. The van der Waals surface area contributed by atoms with E-state index in [0.29, 0.717) is 32.5 Å². The van der Waals surface area contributed by atoms with E-state index in [9.17, 15) is 18.0 Å². The van der Waals surface area contributed by atoms with E-state index in [1.54, 1.807) is 9.80 Å². The zero-order valence-electron chi connectivity index (χ0n) is 20.7. The van der Waals surface area contributed by atoms with Crippen LogP contribution >= 0.6 is 0 Å². The number of hydrogen-bond donors (Lipinski definition) is 0. The van der Waals surface area contributed by atoms with Gasteiger partial charge >= 0.3 is 6.09 Å². The molecule has 0 N–H and O–H groups in total. The van der Waals surface area contributed by atoms with E-state index in [-0.39, 0.29) is 29.7 Å². The number of carbonyl (C=O) groups excluding carboxylic acids is 2. The summed E-state index contributed by atoms with van der Waals surface area (Å²) >= 11 is 0. The van der Waals surface area contributed by atoms with Crippen molar-refractivity contribution in [1.82, 2.24) is 9.80 Å². The number of aryl methyl sites for hydroxylation is 1. The molecular weight excluding hydrogens is 440 g/mol. The van der Waals surface area contributed by atoms with Crippen molar-refractivity contribution in [1.29, 1.82) is 0 Å². The molecule has 1 atom stereocenters. The van der Waals surface area contributed by atoms with Crippen LogP contribution in [0.15, 0.2) is 30.3 Å². The summed E-state index contributed by atoms with van der Waals surface area (Å²) in [5, 5.41) is 0. The number of hydrogen-bond acceptors (Lipinski definition) is 5. The number of piperidine rings is 1. The van der Waals surface area contributed by atoms with Crippen molar-refractivity contribution in [2.24, 2.45) is 5.92 Å². The third-order valence-corrected chi connectivity index (χ3v) is 7.28. The second-order valence-corrected chi connectivity index (χ2v) is 12.4. The number of sulfone groups is 1. The quantitative estimate of drug-likeness (QED) is 0.535. The summed E-state index contributed by atoms with van der Waals surface area (Å²) in [5.74, 6) is -0.690. The minimum Gasteiger partial charge on any atom is -0.444 e. The molecule has 1 aliphatic heterocycles. The highest BCUT2D eigenvalue weighted by molar-refractivity contribution is 7.92. The zero-order valence-corrected chi connectivity index (χ0v) is 21.6. The molecule has 0 aliphatic carbocycles. The maximum Gasteiger partial charge on any atom is 0.410 e. The van der Waals surface area contributed by atoms with Crippen LogP contribution in [0, 0.1) is 5.92 Å². The van der Waals surface area contributed by atoms with E-state index < -0.39 is 21.2 Å². The Labute approximate surface area is 199 Å². The third kappa shape index (κ3) is 9.74. The minimum atomic E-state index is -3.46. The fourth-order valence-corrected chi connectivity index (χ4v) is 5.32. The fourth-order valence-electron chi connectivity index (χ4n) is 4.03. The first-order valence-electron chi connectivity index (χ1n) is 11.9. The average molecular weight is 481 g/mol. The van der Waals surface area contributed by atoms with Crippen LogP contribution in [0.4, 0.5) is 4.79 Å². The van der Waals surface area contributed by atoms with Gasteiger partial charge < -0.3 is 14.5 Å². The van der Waals surface area contributed by atoms with Crippen molar-refractivity contribution in [3.63, 3.8) is 0 Å². The van der Waals surface area contributed by atoms with Gasteiger partial charge in [0.15, 0.2) is 9.84 Å². The Morgan fingerprint density at radius 1 is 1.18 bits per heavy atom. The Balaban J connectivity index is 1.88. The molecule has 8 heteroatoms. The number of rotatable bonds is 9. The van der Waals surface area contributed by atoms with Crippen LogP contribution < -0.4 is 0 Å². The number of nitrogens with zero attached hydrogens (tertiary/aromatic N) is 2. The first-order chi connectivity index (χ1) is 15.4. The van der Waals surface area contributed by atoms with Crippen LogP contribution in [-0.2, 0) is 25.8 Å². The van der Waals surface area contributed by atoms with Crippen molar-refractivity contribution in [2.75, 3.05) is 31.1 Å². The van der Waals surface area contributed by atoms with Crippen LogP contribution in [0.5, 0.6) is 0 Å². The molecule has 0 aromatic heterocycles. The molecule has 0 saturated carbocycles. The van der Waals surface area contributed by atoms with E-state index in [4.69, 9.17) is 4.74 Å². The lowest BCUT2D eigenvalue weighted by Crippen LogP contribution is -2.49. The van der Waals surface area contributed by atoms with E-state index in [0.717, 1.165) is 18.4 Å². The Hall–Kier alpha value is -2.09. The Morgan fingerprint density at radius 3 is 2.45 bits per heavy atom. The van der Waals surface area contributed by atoms with Gasteiger partial charge in [-0.25, -0.2) is 13.2 Å². The number of ether oxygens (including phenoxy) is 1. The van der Waals surface area contributed by atoms with Gasteiger partial charge in [0.2, 0.25) is 5.91 Å². The monoisotopic (exact) mass is 480 g/mol. The largest absolute Gasteiger partial charge is 0.444 e. The Bertz CT molecular complexity index is 878. The van der Waals surface area contributed by atoms with E-state index in [1.807, 2.05) is 65.0 Å². The van der Waals surface area contributed by atoms with Gasteiger partial charge in [-0.1, -0.05) is 30.3 Å². The van der Waals surface area contributed by atoms with Crippen LogP contribution in [-0.4, -0.2) is 73.0 Å². The van der Waals surface area contributed by atoms with Crippen molar-refractivity contribution in [2.45, 2.75) is 71.9 Å². The summed E-state index contributed by atoms with van der Waals surface area (Å²) in [4.78, 5) is 28.7. The molecule has 7 nitrogen and oxygen atoms in total. The molecule has 1 saturated heterocycles. The molecular formula is C25H40N2O5S. The van der Waals surface area contributed by atoms with Gasteiger partial charge in [-0.05, 0) is 71.8 Å².